The number of halogens is 1. The Labute approximate surface area is 107 Å². The molecule has 2 N–H and O–H groups in total. The first-order chi connectivity index (χ1) is 8.04. The van der Waals surface area contributed by atoms with Crippen molar-refractivity contribution < 1.29 is 10.0 Å². The van der Waals surface area contributed by atoms with Crippen molar-refractivity contribution in [1.29, 1.82) is 0 Å². The van der Waals surface area contributed by atoms with Gasteiger partial charge in [0.15, 0.2) is 0 Å². The summed E-state index contributed by atoms with van der Waals surface area (Å²) in [7, 11) is 0. The summed E-state index contributed by atoms with van der Waals surface area (Å²) in [6.45, 7) is 2.60. The van der Waals surface area contributed by atoms with E-state index in [1.165, 1.54) is 12.3 Å². The van der Waals surface area contributed by atoms with Crippen LogP contribution in [-0.4, -0.2) is 28.2 Å². The van der Waals surface area contributed by atoms with Crippen molar-refractivity contribution in [2.45, 2.75) is 13.3 Å². The number of nitrogens with zero attached hydrogens (tertiary/aromatic N) is 2. The van der Waals surface area contributed by atoms with Gasteiger partial charge in [0.05, 0.1) is 4.92 Å². The average Bonchev–Trinajstić information content (AvgIpc) is 2.27. The molecule has 1 heterocycles. The van der Waals surface area contributed by atoms with Gasteiger partial charge in [0.2, 0.25) is 5.82 Å². The van der Waals surface area contributed by atoms with Crippen LogP contribution in [0.4, 0.5) is 11.5 Å². The zero-order valence-electron chi connectivity index (χ0n) is 9.39. The lowest BCUT2D eigenvalue weighted by molar-refractivity contribution is -0.384. The molecule has 0 spiro atoms. The Balaban J connectivity index is 2.73. The summed E-state index contributed by atoms with van der Waals surface area (Å²) in [4.78, 5) is 14.3. The van der Waals surface area contributed by atoms with Crippen molar-refractivity contribution >= 4 is 27.4 Å². The zero-order valence-corrected chi connectivity index (χ0v) is 11.0. The van der Waals surface area contributed by atoms with Gasteiger partial charge in [-0.2, -0.15) is 0 Å². The van der Waals surface area contributed by atoms with Crippen LogP contribution >= 0.6 is 15.9 Å². The fourth-order valence-electron chi connectivity index (χ4n) is 1.30. The standard InChI is InChI=1S/C10H14BrN3O3/c1-7(2-3-15)5-12-10-9(14(16)17)4-8(11)6-13-10/h4,6-7,15H,2-3,5H2,1H3,(H,12,13). The molecule has 94 valence electrons. The SMILES string of the molecule is CC(CCO)CNc1ncc(Br)cc1[N+](=O)[O-]. The lowest BCUT2D eigenvalue weighted by atomic mass is 10.1. The molecule has 17 heavy (non-hydrogen) atoms. The highest BCUT2D eigenvalue weighted by molar-refractivity contribution is 9.10. The van der Waals surface area contributed by atoms with Crippen LogP contribution in [0.3, 0.4) is 0 Å². The lowest BCUT2D eigenvalue weighted by Crippen LogP contribution is -2.14. The van der Waals surface area contributed by atoms with E-state index < -0.39 is 4.92 Å². The highest BCUT2D eigenvalue weighted by atomic mass is 79.9. The molecule has 1 unspecified atom stereocenters. The minimum Gasteiger partial charge on any atom is -0.396 e. The topological polar surface area (TPSA) is 88.3 Å². The molecule has 1 aromatic heterocycles. The van der Waals surface area contributed by atoms with E-state index in [0.29, 0.717) is 17.4 Å². The number of rotatable bonds is 6. The van der Waals surface area contributed by atoms with E-state index in [4.69, 9.17) is 5.11 Å². The molecular formula is C10H14BrN3O3. The normalized spacial score (nSPS) is 12.2. The van der Waals surface area contributed by atoms with Crippen LogP contribution in [0, 0.1) is 16.0 Å². The minimum atomic E-state index is -0.475. The molecule has 0 aromatic carbocycles. The summed E-state index contributed by atoms with van der Waals surface area (Å²) in [5.74, 6) is 0.480. The van der Waals surface area contributed by atoms with Crippen molar-refractivity contribution in [1.82, 2.24) is 4.98 Å². The van der Waals surface area contributed by atoms with Crippen molar-refractivity contribution in [3.8, 4) is 0 Å². The maximum absolute atomic E-state index is 10.8. The highest BCUT2D eigenvalue weighted by Gasteiger charge is 2.16. The van der Waals surface area contributed by atoms with Gasteiger partial charge in [-0.1, -0.05) is 6.92 Å². The Hall–Kier alpha value is -1.21. The maximum Gasteiger partial charge on any atom is 0.312 e. The summed E-state index contributed by atoms with van der Waals surface area (Å²) in [5, 5.41) is 22.5. The van der Waals surface area contributed by atoms with E-state index in [9.17, 15) is 10.1 Å². The van der Waals surface area contributed by atoms with Gasteiger partial charge in [-0.3, -0.25) is 10.1 Å². The number of aliphatic hydroxyl groups is 1. The Morgan fingerprint density at radius 2 is 2.41 bits per heavy atom. The highest BCUT2D eigenvalue weighted by Crippen LogP contribution is 2.25. The predicted molar refractivity (Wildman–Crippen MR) is 67.9 cm³/mol. The number of hydrogen-bond donors (Lipinski definition) is 2. The maximum atomic E-state index is 10.8. The van der Waals surface area contributed by atoms with Crippen LogP contribution in [-0.2, 0) is 0 Å². The fraction of sp³-hybridized carbons (Fsp3) is 0.500. The molecule has 0 amide bonds. The van der Waals surface area contributed by atoms with E-state index in [-0.39, 0.29) is 24.0 Å². The molecule has 0 aliphatic heterocycles. The van der Waals surface area contributed by atoms with Crippen LogP contribution in [0.5, 0.6) is 0 Å². The first-order valence-corrected chi connectivity index (χ1v) is 5.98. The van der Waals surface area contributed by atoms with Crippen molar-refractivity contribution in [3.63, 3.8) is 0 Å². The second-order valence-corrected chi connectivity index (χ2v) is 4.69. The smallest absolute Gasteiger partial charge is 0.312 e. The van der Waals surface area contributed by atoms with Gasteiger partial charge in [-0.25, -0.2) is 4.98 Å². The van der Waals surface area contributed by atoms with Crippen LogP contribution in [0.15, 0.2) is 16.7 Å². The number of aliphatic hydroxyl groups excluding tert-OH is 1. The van der Waals surface area contributed by atoms with Gasteiger partial charge < -0.3 is 10.4 Å². The molecule has 0 aliphatic rings. The monoisotopic (exact) mass is 303 g/mol. The largest absolute Gasteiger partial charge is 0.396 e. The third kappa shape index (κ3) is 4.27. The van der Waals surface area contributed by atoms with E-state index in [0.717, 1.165) is 0 Å². The predicted octanol–water partition coefficient (Wildman–Crippen LogP) is 2.18. The molecule has 0 fully saturated rings. The third-order valence-corrected chi connectivity index (χ3v) is 2.70. The second-order valence-electron chi connectivity index (χ2n) is 3.78. The molecule has 0 bridgehead atoms. The summed E-state index contributed by atoms with van der Waals surface area (Å²) < 4.78 is 0.568. The molecular weight excluding hydrogens is 290 g/mol. The fourth-order valence-corrected chi connectivity index (χ4v) is 1.62. The Morgan fingerprint density at radius 3 is 3.00 bits per heavy atom. The van der Waals surface area contributed by atoms with E-state index in [1.807, 2.05) is 6.92 Å². The number of aromatic nitrogens is 1. The molecule has 0 radical (unpaired) electrons. The number of pyridine rings is 1. The average molecular weight is 304 g/mol. The van der Waals surface area contributed by atoms with Gasteiger partial charge in [-0.15, -0.1) is 0 Å². The first kappa shape index (κ1) is 13.9. The van der Waals surface area contributed by atoms with E-state index in [1.54, 1.807) is 0 Å². The first-order valence-electron chi connectivity index (χ1n) is 5.19. The molecule has 0 saturated heterocycles. The van der Waals surface area contributed by atoms with Crippen LogP contribution in [0.2, 0.25) is 0 Å². The number of anilines is 1. The number of nitrogens with one attached hydrogen (secondary N) is 1. The van der Waals surface area contributed by atoms with Crippen molar-refractivity contribution in [3.05, 3.63) is 26.9 Å². The minimum absolute atomic E-state index is 0.0597. The van der Waals surface area contributed by atoms with Gasteiger partial charge in [0.25, 0.3) is 0 Å². The van der Waals surface area contributed by atoms with E-state index in [2.05, 4.69) is 26.2 Å². The summed E-state index contributed by atoms with van der Waals surface area (Å²) >= 11 is 3.14. The Bertz CT molecular complexity index is 400. The van der Waals surface area contributed by atoms with Gasteiger partial charge in [-0.05, 0) is 28.3 Å². The van der Waals surface area contributed by atoms with Crippen LogP contribution in [0.25, 0.3) is 0 Å². The zero-order chi connectivity index (χ0) is 12.8. The third-order valence-electron chi connectivity index (χ3n) is 2.27. The Kier molecular flexibility index (Phi) is 5.30. The number of nitro groups is 1. The van der Waals surface area contributed by atoms with Crippen LogP contribution < -0.4 is 5.32 Å². The molecule has 1 atom stereocenters. The Morgan fingerprint density at radius 1 is 1.71 bits per heavy atom. The molecule has 0 saturated carbocycles. The van der Waals surface area contributed by atoms with Crippen molar-refractivity contribution in [2.24, 2.45) is 5.92 Å². The molecule has 6 nitrogen and oxygen atoms in total. The van der Waals surface area contributed by atoms with Gasteiger partial charge >= 0.3 is 5.69 Å². The van der Waals surface area contributed by atoms with Gasteiger partial charge in [0, 0.05) is 29.9 Å². The van der Waals surface area contributed by atoms with Crippen LogP contribution in [0.1, 0.15) is 13.3 Å². The van der Waals surface area contributed by atoms with Crippen molar-refractivity contribution in [2.75, 3.05) is 18.5 Å². The molecule has 1 rings (SSSR count). The summed E-state index contributed by atoms with van der Waals surface area (Å²) in [5.41, 5.74) is -0.0597. The van der Waals surface area contributed by atoms with E-state index >= 15 is 0 Å². The summed E-state index contributed by atoms with van der Waals surface area (Å²) in [6, 6.07) is 1.41. The lowest BCUT2D eigenvalue weighted by Gasteiger charge is -2.11. The quantitative estimate of drug-likeness (QED) is 0.621. The number of hydrogen-bond acceptors (Lipinski definition) is 5. The second kappa shape index (κ2) is 6.51. The summed E-state index contributed by atoms with van der Waals surface area (Å²) in [6.07, 6.45) is 2.16. The molecule has 1 aromatic rings. The molecule has 0 aliphatic carbocycles. The van der Waals surface area contributed by atoms with Gasteiger partial charge in [0.1, 0.15) is 0 Å². The molecule has 7 heteroatoms.